The van der Waals surface area contributed by atoms with Crippen molar-refractivity contribution in [2.24, 2.45) is 11.8 Å². The Bertz CT molecular complexity index is 670. The lowest BCUT2D eigenvalue weighted by Gasteiger charge is -2.34. The number of piperidine rings is 1. The summed E-state index contributed by atoms with van der Waals surface area (Å²) in [6.07, 6.45) is 7.29. The molecule has 1 amide bonds. The second-order valence-corrected chi connectivity index (χ2v) is 8.46. The minimum absolute atomic E-state index is 0. The van der Waals surface area contributed by atoms with Gasteiger partial charge in [0.1, 0.15) is 13.2 Å². The highest BCUT2D eigenvalue weighted by atomic mass is 35.5. The Hall–Kier alpha value is -1.46. The molecular weight excluding hydrogens is 376 g/mol. The Kier molecular flexibility index (Phi) is 7.10. The van der Waals surface area contributed by atoms with Crippen molar-refractivity contribution in [2.45, 2.75) is 57.4 Å². The number of benzene rings is 1. The highest BCUT2D eigenvalue weighted by molar-refractivity contribution is 5.85. The average Bonchev–Trinajstić information content (AvgIpc) is 3.17. The number of carbonyl (C=O) groups is 1. The summed E-state index contributed by atoms with van der Waals surface area (Å²) < 4.78 is 11.4. The maximum absolute atomic E-state index is 12.9. The molecule has 1 atom stereocenters. The number of rotatable bonds is 5. The summed E-state index contributed by atoms with van der Waals surface area (Å²) in [6, 6.07) is 6.18. The first-order chi connectivity index (χ1) is 13.2. The Morgan fingerprint density at radius 2 is 1.86 bits per heavy atom. The van der Waals surface area contributed by atoms with E-state index in [0.29, 0.717) is 31.5 Å². The van der Waals surface area contributed by atoms with Gasteiger partial charge in [0.15, 0.2) is 11.5 Å². The lowest BCUT2D eigenvalue weighted by atomic mass is 9.83. The van der Waals surface area contributed by atoms with Gasteiger partial charge in [-0.25, -0.2) is 0 Å². The zero-order valence-electron chi connectivity index (χ0n) is 16.8. The summed E-state index contributed by atoms with van der Waals surface area (Å²) in [7, 11) is 0. The number of amides is 1. The molecule has 2 N–H and O–H groups in total. The summed E-state index contributed by atoms with van der Waals surface area (Å²) in [6.45, 7) is 5.59. The van der Waals surface area contributed by atoms with Crippen molar-refractivity contribution in [2.75, 3.05) is 26.3 Å². The van der Waals surface area contributed by atoms with E-state index < -0.39 is 0 Å². The van der Waals surface area contributed by atoms with Gasteiger partial charge in [-0.15, -0.1) is 12.4 Å². The third-order valence-electron chi connectivity index (χ3n) is 6.63. The number of hydrogen-bond donors (Lipinski definition) is 2. The molecule has 0 spiro atoms. The molecule has 1 saturated carbocycles. The molecule has 1 aliphatic carbocycles. The standard InChI is InChI=1S/C22H32N2O3.ClH/c1-16(17-6-10-23-11-7-17)14-21(25)24-22(8-2-3-9-22)18-4-5-19-20(15-18)27-13-12-26-19;/h4-5,15-17,23H,2-3,6-14H2,1H3,(H,24,25);1H. The van der Waals surface area contributed by atoms with Crippen LogP contribution in [0.3, 0.4) is 0 Å². The van der Waals surface area contributed by atoms with Gasteiger partial charge in [0.2, 0.25) is 5.91 Å². The van der Waals surface area contributed by atoms with Crippen LogP contribution in [0.4, 0.5) is 0 Å². The SMILES string of the molecule is CC(CC(=O)NC1(c2ccc3c(c2)OCCO3)CCCC1)C1CCNCC1.Cl. The van der Waals surface area contributed by atoms with Gasteiger partial charge in [-0.2, -0.15) is 0 Å². The second kappa shape index (κ2) is 9.36. The monoisotopic (exact) mass is 408 g/mol. The molecular formula is C22H33ClN2O3. The Balaban J connectivity index is 0.00000225. The van der Waals surface area contributed by atoms with Gasteiger partial charge in [0, 0.05) is 6.42 Å². The van der Waals surface area contributed by atoms with Crippen LogP contribution in [-0.4, -0.2) is 32.2 Å². The molecule has 0 bridgehead atoms. The van der Waals surface area contributed by atoms with E-state index in [1.54, 1.807) is 0 Å². The number of halogens is 1. The van der Waals surface area contributed by atoms with Crippen LogP contribution in [0.5, 0.6) is 11.5 Å². The van der Waals surface area contributed by atoms with Gasteiger partial charge in [-0.05, 0) is 68.3 Å². The maximum Gasteiger partial charge on any atom is 0.220 e. The lowest BCUT2D eigenvalue weighted by molar-refractivity contribution is -0.124. The molecule has 1 unspecified atom stereocenters. The Morgan fingerprint density at radius 3 is 2.57 bits per heavy atom. The first-order valence-corrected chi connectivity index (χ1v) is 10.6. The van der Waals surface area contributed by atoms with Crippen molar-refractivity contribution >= 4 is 18.3 Å². The predicted molar refractivity (Wildman–Crippen MR) is 112 cm³/mol. The summed E-state index contributed by atoms with van der Waals surface area (Å²) in [5, 5.41) is 6.85. The summed E-state index contributed by atoms with van der Waals surface area (Å²) in [4.78, 5) is 12.9. The van der Waals surface area contributed by atoms with Gasteiger partial charge in [0.05, 0.1) is 5.54 Å². The van der Waals surface area contributed by atoms with Gasteiger partial charge in [-0.1, -0.05) is 25.8 Å². The van der Waals surface area contributed by atoms with Crippen LogP contribution in [0.1, 0.15) is 57.4 Å². The fraction of sp³-hybridized carbons (Fsp3) is 0.682. The molecule has 0 aromatic heterocycles. The van der Waals surface area contributed by atoms with Crippen LogP contribution in [-0.2, 0) is 10.3 Å². The first kappa shape index (κ1) is 21.3. The minimum atomic E-state index is -0.249. The normalized spacial score (nSPS) is 22.2. The minimum Gasteiger partial charge on any atom is -0.486 e. The van der Waals surface area contributed by atoms with Crippen molar-refractivity contribution in [3.8, 4) is 11.5 Å². The Morgan fingerprint density at radius 1 is 1.18 bits per heavy atom. The van der Waals surface area contributed by atoms with E-state index >= 15 is 0 Å². The van der Waals surface area contributed by atoms with E-state index in [9.17, 15) is 4.79 Å². The summed E-state index contributed by atoms with van der Waals surface area (Å²) in [5.74, 6) is 2.90. The number of ether oxygens (including phenoxy) is 2. The fourth-order valence-electron chi connectivity index (χ4n) is 5.00. The van der Waals surface area contributed by atoms with E-state index in [4.69, 9.17) is 9.47 Å². The van der Waals surface area contributed by atoms with Gasteiger partial charge >= 0.3 is 0 Å². The van der Waals surface area contributed by atoms with Crippen LogP contribution in [0, 0.1) is 11.8 Å². The number of nitrogens with one attached hydrogen (secondary N) is 2. The van der Waals surface area contributed by atoms with Crippen LogP contribution < -0.4 is 20.1 Å². The summed E-state index contributed by atoms with van der Waals surface area (Å²) in [5.41, 5.74) is 0.910. The Labute approximate surface area is 174 Å². The molecule has 28 heavy (non-hydrogen) atoms. The van der Waals surface area contributed by atoms with Gasteiger partial charge in [-0.3, -0.25) is 4.79 Å². The fourth-order valence-corrected chi connectivity index (χ4v) is 5.00. The molecule has 1 aromatic carbocycles. The van der Waals surface area contributed by atoms with E-state index in [-0.39, 0.29) is 23.9 Å². The molecule has 0 radical (unpaired) electrons. The third kappa shape index (κ3) is 4.57. The van der Waals surface area contributed by atoms with E-state index in [1.807, 2.05) is 6.07 Å². The molecule has 2 heterocycles. The third-order valence-corrected chi connectivity index (χ3v) is 6.63. The molecule has 156 valence electrons. The van der Waals surface area contributed by atoms with Gasteiger partial charge < -0.3 is 20.1 Å². The number of carbonyl (C=O) groups excluding carboxylic acids is 1. The smallest absolute Gasteiger partial charge is 0.220 e. The molecule has 5 nitrogen and oxygen atoms in total. The van der Waals surface area contributed by atoms with Crippen LogP contribution in [0.2, 0.25) is 0 Å². The van der Waals surface area contributed by atoms with Crippen molar-refractivity contribution in [1.29, 1.82) is 0 Å². The van der Waals surface area contributed by atoms with Crippen LogP contribution >= 0.6 is 12.4 Å². The van der Waals surface area contributed by atoms with Crippen LogP contribution in [0.15, 0.2) is 18.2 Å². The maximum atomic E-state index is 12.9. The predicted octanol–water partition coefficient (Wildman–Crippen LogP) is 3.79. The average molecular weight is 409 g/mol. The van der Waals surface area contributed by atoms with Crippen molar-refractivity contribution in [3.05, 3.63) is 23.8 Å². The van der Waals surface area contributed by atoms with Gasteiger partial charge in [0.25, 0.3) is 0 Å². The van der Waals surface area contributed by atoms with E-state index in [0.717, 1.165) is 55.8 Å². The van der Waals surface area contributed by atoms with Crippen LogP contribution in [0.25, 0.3) is 0 Å². The van der Waals surface area contributed by atoms with E-state index in [1.165, 1.54) is 12.8 Å². The molecule has 3 aliphatic rings. The highest BCUT2D eigenvalue weighted by Crippen LogP contribution is 2.42. The topological polar surface area (TPSA) is 59.6 Å². The quantitative estimate of drug-likeness (QED) is 0.778. The zero-order valence-corrected chi connectivity index (χ0v) is 17.6. The molecule has 6 heteroatoms. The van der Waals surface area contributed by atoms with Crippen molar-refractivity contribution in [3.63, 3.8) is 0 Å². The first-order valence-electron chi connectivity index (χ1n) is 10.6. The molecule has 2 fully saturated rings. The number of hydrogen-bond acceptors (Lipinski definition) is 4. The highest BCUT2D eigenvalue weighted by Gasteiger charge is 2.38. The summed E-state index contributed by atoms with van der Waals surface area (Å²) >= 11 is 0. The molecule has 1 saturated heterocycles. The lowest BCUT2D eigenvalue weighted by Crippen LogP contribution is -2.45. The number of fused-ring (bicyclic) bond motifs is 1. The molecule has 4 rings (SSSR count). The van der Waals surface area contributed by atoms with Crippen molar-refractivity contribution in [1.82, 2.24) is 10.6 Å². The second-order valence-electron chi connectivity index (χ2n) is 8.46. The molecule has 1 aromatic rings. The zero-order chi connectivity index (χ0) is 18.7. The largest absolute Gasteiger partial charge is 0.486 e. The van der Waals surface area contributed by atoms with E-state index in [2.05, 4.69) is 29.7 Å². The van der Waals surface area contributed by atoms with Crippen molar-refractivity contribution < 1.29 is 14.3 Å². The molecule has 2 aliphatic heterocycles.